The summed E-state index contributed by atoms with van der Waals surface area (Å²) >= 11 is 0. The Kier molecular flexibility index (Phi) is 9.08. The van der Waals surface area contributed by atoms with Gasteiger partial charge < -0.3 is 14.9 Å². The minimum Gasteiger partial charge on any atom is -0.466 e. The van der Waals surface area contributed by atoms with Crippen LogP contribution < -0.4 is 5.32 Å². The third-order valence-corrected chi connectivity index (χ3v) is 4.36. The molecule has 1 aliphatic rings. The highest BCUT2D eigenvalue weighted by atomic mass is 16.7. The molecule has 0 aromatic carbocycles. The Hall–Kier alpha value is -2.45. The second kappa shape index (κ2) is 10.8. The van der Waals surface area contributed by atoms with Crippen LogP contribution >= 0.6 is 0 Å². The van der Waals surface area contributed by atoms with E-state index >= 15 is 0 Å². The van der Waals surface area contributed by atoms with Crippen LogP contribution in [0.4, 0.5) is 0 Å². The van der Waals surface area contributed by atoms with Gasteiger partial charge in [0.15, 0.2) is 0 Å². The Morgan fingerprint density at radius 2 is 1.50 bits per heavy atom. The van der Waals surface area contributed by atoms with Crippen LogP contribution in [-0.2, 0) is 33.5 Å². The topological polar surface area (TPSA) is 119 Å². The van der Waals surface area contributed by atoms with Crippen molar-refractivity contribution in [3.8, 4) is 0 Å². The number of hydrogen-bond donors (Lipinski definition) is 1. The van der Waals surface area contributed by atoms with Crippen molar-refractivity contribution >= 4 is 29.7 Å². The Balaban J connectivity index is 2.75. The molecule has 1 rings (SSSR count). The second-order valence-corrected chi connectivity index (χ2v) is 7.38. The van der Waals surface area contributed by atoms with E-state index in [2.05, 4.69) is 5.32 Å². The number of imide groups is 1. The highest BCUT2D eigenvalue weighted by Gasteiger charge is 2.35. The standard InChI is InChI=1S/C19H30N2O7/c1-6-27-19(26)14(9-12(4)17(24)20-11(2)3)10-13(5)18(25)28-21-15(22)7-8-16(21)23/h11-14H,6-10H2,1-5H3,(H,20,24). The lowest BCUT2D eigenvalue weighted by molar-refractivity contribution is -0.200. The summed E-state index contributed by atoms with van der Waals surface area (Å²) in [5.74, 6) is -4.51. The molecule has 3 amide bonds. The van der Waals surface area contributed by atoms with Crippen LogP contribution in [0.15, 0.2) is 0 Å². The molecular formula is C19H30N2O7. The molecule has 0 aromatic heterocycles. The highest BCUT2D eigenvalue weighted by molar-refractivity contribution is 6.01. The number of hydroxylamine groups is 2. The normalized spacial score (nSPS) is 17.3. The van der Waals surface area contributed by atoms with Gasteiger partial charge in [0.25, 0.3) is 11.8 Å². The van der Waals surface area contributed by atoms with E-state index in [1.807, 2.05) is 13.8 Å². The average molecular weight is 398 g/mol. The van der Waals surface area contributed by atoms with Gasteiger partial charge in [-0.15, -0.1) is 5.06 Å². The second-order valence-electron chi connectivity index (χ2n) is 7.38. The first-order chi connectivity index (χ1) is 13.1. The first-order valence-electron chi connectivity index (χ1n) is 9.61. The van der Waals surface area contributed by atoms with Gasteiger partial charge in [-0.3, -0.25) is 19.2 Å². The average Bonchev–Trinajstić information content (AvgIpc) is 2.92. The number of carbonyl (C=O) groups is 5. The molecule has 1 heterocycles. The first-order valence-corrected chi connectivity index (χ1v) is 9.61. The number of esters is 1. The lowest BCUT2D eigenvalue weighted by atomic mass is 9.87. The maximum Gasteiger partial charge on any atom is 0.335 e. The quantitative estimate of drug-likeness (QED) is 0.436. The molecule has 0 spiro atoms. The summed E-state index contributed by atoms with van der Waals surface area (Å²) in [7, 11) is 0. The van der Waals surface area contributed by atoms with E-state index in [0.717, 1.165) is 0 Å². The monoisotopic (exact) mass is 398 g/mol. The zero-order valence-electron chi connectivity index (χ0n) is 17.1. The lowest BCUT2D eigenvalue weighted by Gasteiger charge is -2.23. The molecule has 0 aliphatic carbocycles. The van der Waals surface area contributed by atoms with Crippen LogP contribution in [0.25, 0.3) is 0 Å². The van der Waals surface area contributed by atoms with Gasteiger partial charge in [-0.1, -0.05) is 13.8 Å². The highest BCUT2D eigenvalue weighted by Crippen LogP contribution is 2.24. The third kappa shape index (κ3) is 6.94. The van der Waals surface area contributed by atoms with E-state index in [1.165, 1.54) is 0 Å². The van der Waals surface area contributed by atoms with E-state index in [4.69, 9.17) is 9.57 Å². The van der Waals surface area contributed by atoms with Crippen molar-refractivity contribution in [2.24, 2.45) is 17.8 Å². The van der Waals surface area contributed by atoms with E-state index < -0.39 is 41.5 Å². The summed E-state index contributed by atoms with van der Waals surface area (Å²) in [6, 6.07) is -0.0274. The molecule has 158 valence electrons. The van der Waals surface area contributed by atoms with Crippen molar-refractivity contribution in [3.05, 3.63) is 0 Å². The maximum absolute atomic E-state index is 12.3. The maximum atomic E-state index is 12.3. The molecule has 0 bridgehead atoms. The molecule has 3 unspecified atom stereocenters. The number of rotatable bonds is 10. The van der Waals surface area contributed by atoms with Crippen LogP contribution in [-0.4, -0.2) is 47.4 Å². The van der Waals surface area contributed by atoms with Crippen molar-refractivity contribution in [1.82, 2.24) is 10.4 Å². The van der Waals surface area contributed by atoms with Crippen molar-refractivity contribution in [2.45, 2.75) is 66.3 Å². The third-order valence-electron chi connectivity index (χ3n) is 4.36. The zero-order chi connectivity index (χ0) is 21.4. The van der Waals surface area contributed by atoms with Gasteiger partial charge in [-0.2, -0.15) is 0 Å². The van der Waals surface area contributed by atoms with Crippen LogP contribution in [0.1, 0.15) is 60.3 Å². The predicted octanol–water partition coefficient (Wildman–Crippen LogP) is 1.35. The van der Waals surface area contributed by atoms with Crippen molar-refractivity contribution in [2.75, 3.05) is 6.61 Å². The van der Waals surface area contributed by atoms with Crippen LogP contribution in [0.2, 0.25) is 0 Å². The van der Waals surface area contributed by atoms with E-state index in [0.29, 0.717) is 5.06 Å². The number of nitrogens with zero attached hydrogens (tertiary/aromatic N) is 1. The Morgan fingerprint density at radius 1 is 0.964 bits per heavy atom. The molecule has 1 saturated heterocycles. The summed E-state index contributed by atoms with van der Waals surface area (Å²) < 4.78 is 5.07. The molecule has 1 aliphatic heterocycles. The zero-order valence-corrected chi connectivity index (χ0v) is 17.1. The van der Waals surface area contributed by atoms with Gasteiger partial charge in [-0.05, 0) is 33.6 Å². The van der Waals surface area contributed by atoms with Crippen LogP contribution in [0, 0.1) is 17.8 Å². The minimum absolute atomic E-state index is 0.00836. The molecule has 0 radical (unpaired) electrons. The van der Waals surface area contributed by atoms with E-state index in [9.17, 15) is 24.0 Å². The van der Waals surface area contributed by atoms with Gasteiger partial charge in [0, 0.05) is 24.8 Å². The van der Waals surface area contributed by atoms with Gasteiger partial charge in [0.05, 0.1) is 18.4 Å². The molecule has 9 nitrogen and oxygen atoms in total. The summed E-state index contributed by atoms with van der Waals surface area (Å²) in [4.78, 5) is 64.8. The number of amides is 3. The molecule has 1 fully saturated rings. The van der Waals surface area contributed by atoms with E-state index in [1.54, 1.807) is 20.8 Å². The fraction of sp³-hybridized carbons (Fsp3) is 0.737. The summed E-state index contributed by atoms with van der Waals surface area (Å²) in [5, 5.41) is 3.27. The number of ether oxygens (including phenoxy) is 1. The first kappa shape index (κ1) is 23.6. The fourth-order valence-electron chi connectivity index (χ4n) is 2.87. The number of hydrogen-bond acceptors (Lipinski definition) is 7. The summed E-state index contributed by atoms with van der Waals surface area (Å²) in [6.07, 6.45) is 0.298. The molecule has 9 heteroatoms. The van der Waals surface area contributed by atoms with Gasteiger partial charge >= 0.3 is 11.9 Å². The van der Waals surface area contributed by atoms with Gasteiger partial charge in [0.1, 0.15) is 0 Å². The van der Waals surface area contributed by atoms with Crippen molar-refractivity contribution < 1.29 is 33.5 Å². The fourth-order valence-corrected chi connectivity index (χ4v) is 2.87. The van der Waals surface area contributed by atoms with E-state index in [-0.39, 0.29) is 44.2 Å². The smallest absolute Gasteiger partial charge is 0.335 e. The Bertz CT molecular complexity index is 601. The molecule has 1 N–H and O–H groups in total. The van der Waals surface area contributed by atoms with Crippen LogP contribution in [0.3, 0.4) is 0 Å². The molecule has 3 atom stereocenters. The lowest BCUT2D eigenvalue weighted by Crippen LogP contribution is -2.37. The Morgan fingerprint density at radius 3 is 2.00 bits per heavy atom. The summed E-state index contributed by atoms with van der Waals surface area (Å²) in [5.41, 5.74) is 0. The van der Waals surface area contributed by atoms with Crippen LogP contribution in [0.5, 0.6) is 0 Å². The SMILES string of the molecule is CCOC(=O)C(CC(C)C(=O)NC(C)C)CC(C)C(=O)ON1C(=O)CCC1=O. The molecule has 28 heavy (non-hydrogen) atoms. The largest absolute Gasteiger partial charge is 0.466 e. The Labute approximate surface area is 165 Å². The molecular weight excluding hydrogens is 368 g/mol. The van der Waals surface area contributed by atoms with Crippen molar-refractivity contribution in [3.63, 3.8) is 0 Å². The number of nitrogens with one attached hydrogen (secondary N) is 1. The minimum atomic E-state index is -0.780. The number of carbonyl (C=O) groups excluding carboxylic acids is 5. The predicted molar refractivity (Wildman–Crippen MR) is 98.1 cm³/mol. The molecule has 0 saturated carbocycles. The summed E-state index contributed by atoms with van der Waals surface area (Å²) in [6.45, 7) is 8.77. The molecule has 0 aromatic rings. The van der Waals surface area contributed by atoms with Gasteiger partial charge in [-0.25, -0.2) is 4.79 Å². The van der Waals surface area contributed by atoms with Crippen molar-refractivity contribution in [1.29, 1.82) is 0 Å². The van der Waals surface area contributed by atoms with Gasteiger partial charge in [0.2, 0.25) is 5.91 Å².